The van der Waals surface area contributed by atoms with Crippen LogP contribution in [0.5, 0.6) is 0 Å². The van der Waals surface area contributed by atoms with Crippen LogP contribution in [0.3, 0.4) is 0 Å². The summed E-state index contributed by atoms with van der Waals surface area (Å²) in [6.45, 7) is 0. The van der Waals surface area contributed by atoms with Crippen LogP contribution in [-0.4, -0.2) is 40.5 Å². The molecule has 1 rings (SSSR count). The molecule has 0 fully saturated rings. The fraction of sp³-hybridized carbons (Fsp3) is 0.273. The Morgan fingerprint density at radius 1 is 1.33 bits per heavy atom. The van der Waals surface area contributed by atoms with E-state index in [-0.39, 0.29) is 5.56 Å². The summed E-state index contributed by atoms with van der Waals surface area (Å²) in [5, 5.41) is 27.2. The number of esters is 1. The predicted molar refractivity (Wildman–Crippen MR) is 56.3 cm³/mol. The summed E-state index contributed by atoms with van der Waals surface area (Å²) in [5.41, 5.74) is -0.557. The van der Waals surface area contributed by atoms with Gasteiger partial charge in [-0.25, -0.2) is 14.0 Å². The lowest BCUT2D eigenvalue weighted by Crippen LogP contribution is -2.27. The Kier molecular flexibility index (Phi) is 4.35. The number of carbonyl (C=O) groups excluding carboxylic acids is 1. The van der Waals surface area contributed by atoms with Gasteiger partial charge in [-0.3, -0.25) is 0 Å². The minimum atomic E-state index is -2.07. The topological polar surface area (TPSA) is 104 Å². The van der Waals surface area contributed by atoms with Gasteiger partial charge >= 0.3 is 11.9 Å². The van der Waals surface area contributed by atoms with E-state index in [9.17, 15) is 19.1 Å². The molecular formula is C11H11FO6. The molecule has 6 nitrogen and oxygen atoms in total. The van der Waals surface area contributed by atoms with Gasteiger partial charge in [-0.2, -0.15) is 0 Å². The van der Waals surface area contributed by atoms with Crippen molar-refractivity contribution in [3.8, 4) is 0 Å². The maximum atomic E-state index is 13.3. The van der Waals surface area contributed by atoms with E-state index in [0.29, 0.717) is 0 Å². The van der Waals surface area contributed by atoms with Crippen LogP contribution in [0, 0.1) is 5.82 Å². The zero-order chi connectivity index (χ0) is 13.9. The van der Waals surface area contributed by atoms with Crippen LogP contribution in [0.15, 0.2) is 18.2 Å². The highest BCUT2D eigenvalue weighted by Gasteiger charge is 2.26. The summed E-state index contributed by atoms with van der Waals surface area (Å²) in [6, 6.07) is 2.87. The molecule has 2 atom stereocenters. The van der Waals surface area contributed by atoms with E-state index in [1.807, 2.05) is 0 Å². The molecule has 0 amide bonds. The van der Waals surface area contributed by atoms with E-state index >= 15 is 0 Å². The molecule has 2 unspecified atom stereocenters. The second-order valence-corrected chi connectivity index (χ2v) is 3.46. The number of methoxy groups -OCH3 is 1. The van der Waals surface area contributed by atoms with E-state index in [2.05, 4.69) is 4.74 Å². The van der Waals surface area contributed by atoms with Crippen LogP contribution in [0.1, 0.15) is 22.0 Å². The molecule has 3 N–H and O–H groups in total. The number of carboxylic acids is 1. The number of ether oxygens (including phenoxy) is 1. The highest BCUT2D eigenvalue weighted by Crippen LogP contribution is 2.20. The Balaban J connectivity index is 3.12. The smallest absolute Gasteiger partial charge is 0.340 e. The standard InChI is InChI=1S/C11H11FO6/c1-18-11(17)6-4-5(2-3-7(6)12)8(13)9(14)10(15)16/h2-4,8-9,13-14H,1H3,(H,15,16). The maximum absolute atomic E-state index is 13.3. The van der Waals surface area contributed by atoms with Crippen molar-refractivity contribution in [3.05, 3.63) is 35.1 Å². The highest BCUT2D eigenvalue weighted by atomic mass is 19.1. The van der Waals surface area contributed by atoms with Crippen molar-refractivity contribution in [1.29, 1.82) is 0 Å². The average Bonchev–Trinajstić information content (AvgIpc) is 2.36. The van der Waals surface area contributed by atoms with Crippen LogP contribution in [0.25, 0.3) is 0 Å². The van der Waals surface area contributed by atoms with Gasteiger partial charge < -0.3 is 20.1 Å². The SMILES string of the molecule is COC(=O)c1cc(C(O)C(O)C(=O)O)ccc1F. The molecule has 7 heteroatoms. The Morgan fingerprint density at radius 2 is 1.94 bits per heavy atom. The van der Waals surface area contributed by atoms with Crippen LogP contribution in [0.4, 0.5) is 4.39 Å². The van der Waals surface area contributed by atoms with E-state index < -0.39 is 35.5 Å². The van der Waals surface area contributed by atoms with Gasteiger partial charge in [0.1, 0.15) is 11.9 Å². The number of halogens is 1. The van der Waals surface area contributed by atoms with E-state index in [4.69, 9.17) is 10.2 Å². The molecule has 1 aromatic rings. The van der Waals surface area contributed by atoms with E-state index in [1.54, 1.807) is 0 Å². The number of hydrogen-bond acceptors (Lipinski definition) is 5. The third-order valence-electron chi connectivity index (χ3n) is 2.29. The summed E-state index contributed by atoms with van der Waals surface area (Å²) in [4.78, 5) is 21.7. The lowest BCUT2D eigenvalue weighted by Gasteiger charge is -2.15. The Hall–Kier alpha value is -1.99. The number of benzene rings is 1. The van der Waals surface area contributed by atoms with Gasteiger partial charge in [0.2, 0.25) is 0 Å². The number of aliphatic hydroxyl groups excluding tert-OH is 2. The first-order valence-electron chi connectivity index (χ1n) is 4.85. The zero-order valence-electron chi connectivity index (χ0n) is 9.33. The first-order valence-corrected chi connectivity index (χ1v) is 4.85. The molecular weight excluding hydrogens is 247 g/mol. The van der Waals surface area contributed by atoms with Gasteiger partial charge in [0.25, 0.3) is 0 Å². The van der Waals surface area contributed by atoms with Gasteiger partial charge in [0.05, 0.1) is 12.7 Å². The number of rotatable bonds is 4. The van der Waals surface area contributed by atoms with Gasteiger partial charge in [0.15, 0.2) is 6.10 Å². The second kappa shape index (κ2) is 5.56. The summed E-state index contributed by atoms with van der Waals surface area (Å²) < 4.78 is 17.6. The lowest BCUT2D eigenvalue weighted by molar-refractivity contribution is -0.153. The fourth-order valence-corrected chi connectivity index (χ4v) is 1.31. The van der Waals surface area contributed by atoms with Gasteiger partial charge in [-0.05, 0) is 17.7 Å². The van der Waals surface area contributed by atoms with Gasteiger partial charge in [-0.1, -0.05) is 6.07 Å². The quantitative estimate of drug-likeness (QED) is 0.661. The normalized spacial score (nSPS) is 13.8. The molecule has 0 aliphatic rings. The molecule has 0 aliphatic carbocycles. The van der Waals surface area contributed by atoms with Crippen molar-refractivity contribution in [2.75, 3.05) is 7.11 Å². The molecule has 0 aromatic heterocycles. The average molecular weight is 258 g/mol. The summed E-state index contributed by atoms with van der Waals surface area (Å²) in [6.07, 6.45) is -3.84. The number of carboxylic acid groups (broad SMARTS) is 1. The van der Waals surface area contributed by atoms with Crippen LogP contribution in [-0.2, 0) is 9.53 Å². The van der Waals surface area contributed by atoms with Gasteiger partial charge in [-0.15, -0.1) is 0 Å². The van der Waals surface area contributed by atoms with Crippen molar-refractivity contribution >= 4 is 11.9 Å². The number of aliphatic hydroxyl groups is 2. The molecule has 0 saturated carbocycles. The molecule has 1 aromatic carbocycles. The molecule has 98 valence electrons. The number of hydrogen-bond donors (Lipinski definition) is 3. The molecule has 18 heavy (non-hydrogen) atoms. The van der Waals surface area contributed by atoms with Crippen molar-refractivity contribution in [2.45, 2.75) is 12.2 Å². The largest absolute Gasteiger partial charge is 0.479 e. The van der Waals surface area contributed by atoms with Crippen LogP contribution >= 0.6 is 0 Å². The molecule has 0 bridgehead atoms. The van der Waals surface area contributed by atoms with Crippen molar-refractivity contribution in [2.24, 2.45) is 0 Å². The van der Waals surface area contributed by atoms with E-state index in [0.717, 1.165) is 25.3 Å². The summed E-state index contributed by atoms with van der Waals surface area (Å²) in [5.74, 6) is -3.47. The third kappa shape index (κ3) is 2.82. The monoisotopic (exact) mass is 258 g/mol. The van der Waals surface area contributed by atoms with Crippen LogP contribution in [0.2, 0.25) is 0 Å². The van der Waals surface area contributed by atoms with E-state index in [1.165, 1.54) is 0 Å². The van der Waals surface area contributed by atoms with Gasteiger partial charge in [0, 0.05) is 0 Å². The highest BCUT2D eigenvalue weighted by molar-refractivity contribution is 5.89. The maximum Gasteiger partial charge on any atom is 0.340 e. The predicted octanol–water partition coefficient (Wildman–Crippen LogP) is 0.0912. The lowest BCUT2D eigenvalue weighted by atomic mass is 10.0. The molecule has 0 heterocycles. The zero-order valence-corrected chi connectivity index (χ0v) is 9.33. The minimum Gasteiger partial charge on any atom is -0.479 e. The second-order valence-electron chi connectivity index (χ2n) is 3.46. The third-order valence-corrected chi connectivity index (χ3v) is 2.29. The first kappa shape index (κ1) is 14.1. The first-order chi connectivity index (χ1) is 8.38. The summed E-state index contributed by atoms with van der Waals surface area (Å²) in [7, 11) is 1.05. The summed E-state index contributed by atoms with van der Waals surface area (Å²) >= 11 is 0. The minimum absolute atomic E-state index is 0.105. The Morgan fingerprint density at radius 3 is 2.44 bits per heavy atom. The Labute approximate surface area is 101 Å². The van der Waals surface area contributed by atoms with Crippen molar-refractivity contribution in [3.63, 3.8) is 0 Å². The molecule has 0 spiro atoms. The fourth-order valence-electron chi connectivity index (χ4n) is 1.31. The van der Waals surface area contributed by atoms with Crippen molar-refractivity contribution in [1.82, 2.24) is 0 Å². The number of aliphatic carboxylic acids is 1. The molecule has 0 aliphatic heterocycles. The molecule has 0 radical (unpaired) electrons. The molecule has 0 saturated heterocycles. The van der Waals surface area contributed by atoms with Crippen LogP contribution < -0.4 is 0 Å². The van der Waals surface area contributed by atoms with Crippen molar-refractivity contribution < 1.29 is 34.0 Å². The Bertz CT molecular complexity index is 473. The number of carbonyl (C=O) groups is 2.